The molecule has 0 saturated carbocycles. The molecule has 9 nitrogen and oxygen atoms in total. The van der Waals surface area contributed by atoms with E-state index in [0.29, 0.717) is 36.4 Å². The predicted molar refractivity (Wildman–Crippen MR) is 128 cm³/mol. The van der Waals surface area contributed by atoms with Crippen molar-refractivity contribution in [3.8, 4) is 11.5 Å². The Morgan fingerprint density at radius 2 is 1.79 bits per heavy atom. The number of benzene rings is 2. The number of hydrazone groups is 1. The first-order valence-corrected chi connectivity index (χ1v) is 12.0. The number of sulfonamides is 1. The van der Waals surface area contributed by atoms with Crippen molar-refractivity contribution in [1.29, 1.82) is 5.41 Å². The van der Waals surface area contributed by atoms with Crippen LogP contribution in [0.3, 0.4) is 0 Å². The SMILES string of the molecule is C=CS(=O)(=O)N1CCCC(N2N=C(c3ccc(Oc4ccccc4)cc3)C(=C(N)N)C2=N)C1. The molecule has 0 amide bonds. The zero-order valence-corrected chi connectivity index (χ0v) is 18.8. The lowest BCUT2D eigenvalue weighted by Gasteiger charge is -2.35. The van der Waals surface area contributed by atoms with Crippen LogP contribution in [0.2, 0.25) is 0 Å². The quantitative estimate of drug-likeness (QED) is 0.598. The molecule has 2 aliphatic rings. The molecule has 2 aromatic carbocycles. The standard InChI is InChI=1S/C23H26N6O3S/c1-2-33(30,31)28-14-6-7-17(15-28)29-23(26)20(22(24)25)21(27-29)16-10-12-19(13-11-16)32-18-8-4-3-5-9-18/h2-5,8-13,17,26H,1,6-7,14-15,24-25H2. The van der Waals surface area contributed by atoms with Crippen molar-refractivity contribution in [3.05, 3.63) is 83.5 Å². The highest BCUT2D eigenvalue weighted by Crippen LogP contribution is 2.29. The lowest BCUT2D eigenvalue weighted by Crippen LogP contribution is -2.48. The van der Waals surface area contributed by atoms with Gasteiger partial charge in [0.15, 0.2) is 5.84 Å². The third kappa shape index (κ3) is 4.62. The Balaban J connectivity index is 1.60. The molecular formula is C23H26N6O3S. The Morgan fingerprint density at radius 1 is 1.12 bits per heavy atom. The highest BCUT2D eigenvalue weighted by atomic mass is 32.2. The summed E-state index contributed by atoms with van der Waals surface area (Å²) in [5.74, 6) is 1.41. The fraction of sp³-hybridized carbons (Fsp3) is 0.217. The molecule has 0 aromatic heterocycles. The smallest absolute Gasteiger partial charge is 0.235 e. The van der Waals surface area contributed by atoms with Crippen LogP contribution < -0.4 is 16.2 Å². The topological polar surface area (TPSA) is 138 Å². The number of nitrogens with one attached hydrogen (secondary N) is 1. The molecule has 0 spiro atoms. The molecule has 2 aliphatic heterocycles. The van der Waals surface area contributed by atoms with Gasteiger partial charge in [-0.25, -0.2) is 13.4 Å². The van der Waals surface area contributed by atoms with E-state index >= 15 is 0 Å². The van der Waals surface area contributed by atoms with E-state index < -0.39 is 10.0 Å². The van der Waals surface area contributed by atoms with E-state index in [4.69, 9.17) is 21.6 Å². The Hall–Kier alpha value is -3.63. The number of piperidine rings is 1. The molecule has 4 rings (SSSR count). The van der Waals surface area contributed by atoms with Crippen molar-refractivity contribution in [2.24, 2.45) is 16.6 Å². The number of para-hydroxylation sites is 1. The first kappa shape index (κ1) is 22.6. The predicted octanol–water partition coefficient (Wildman–Crippen LogP) is 2.54. The Bertz CT molecular complexity index is 1220. The number of hydrogen-bond acceptors (Lipinski definition) is 7. The summed E-state index contributed by atoms with van der Waals surface area (Å²) < 4.78 is 31.7. The Kier molecular flexibility index (Phi) is 6.21. The number of nitrogens with zero attached hydrogens (tertiary/aromatic N) is 3. The maximum atomic E-state index is 12.3. The molecule has 2 heterocycles. The number of rotatable bonds is 6. The van der Waals surface area contributed by atoms with Crippen LogP contribution >= 0.6 is 0 Å². The van der Waals surface area contributed by atoms with Gasteiger partial charge in [-0.3, -0.25) is 5.41 Å². The molecule has 172 valence electrons. The summed E-state index contributed by atoms with van der Waals surface area (Å²) in [6.45, 7) is 4.02. The summed E-state index contributed by atoms with van der Waals surface area (Å²) >= 11 is 0. The molecule has 2 aromatic rings. The van der Waals surface area contributed by atoms with Gasteiger partial charge >= 0.3 is 0 Å². The molecule has 1 fully saturated rings. The molecule has 0 bridgehead atoms. The molecule has 33 heavy (non-hydrogen) atoms. The van der Waals surface area contributed by atoms with Gasteiger partial charge in [-0.1, -0.05) is 24.8 Å². The molecule has 10 heteroatoms. The van der Waals surface area contributed by atoms with Crippen LogP contribution in [0, 0.1) is 5.41 Å². The van der Waals surface area contributed by atoms with Gasteiger partial charge in [0.1, 0.15) is 23.0 Å². The van der Waals surface area contributed by atoms with E-state index in [9.17, 15) is 8.42 Å². The van der Waals surface area contributed by atoms with Gasteiger partial charge in [0.25, 0.3) is 0 Å². The van der Waals surface area contributed by atoms with Crippen molar-refractivity contribution < 1.29 is 13.2 Å². The molecule has 1 saturated heterocycles. The highest BCUT2D eigenvalue weighted by molar-refractivity contribution is 7.92. The lowest BCUT2D eigenvalue weighted by molar-refractivity contribution is 0.210. The van der Waals surface area contributed by atoms with Gasteiger partial charge in [0, 0.05) is 24.1 Å². The average Bonchev–Trinajstić information content (AvgIpc) is 3.17. The summed E-state index contributed by atoms with van der Waals surface area (Å²) in [5.41, 5.74) is 13.4. The zero-order chi connectivity index (χ0) is 23.6. The van der Waals surface area contributed by atoms with E-state index in [1.54, 1.807) is 12.1 Å². The maximum Gasteiger partial charge on any atom is 0.235 e. The van der Waals surface area contributed by atoms with Gasteiger partial charge in [-0.15, -0.1) is 0 Å². The van der Waals surface area contributed by atoms with Crippen molar-refractivity contribution >= 4 is 21.6 Å². The number of amidine groups is 1. The van der Waals surface area contributed by atoms with Crippen LogP contribution in [0.5, 0.6) is 11.5 Å². The number of hydrogen-bond donors (Lipinski definition) is 3. The minimum Gasteiger partial charge on any atom is -0.457 e. The van der Waals surface area contributed by atoms with Gasteiger partial charge in [0.2, 0.25) is 10.0 Å². The molecule has 1 atom stereocenters. The van der Waals surface area contributed by atoms with E-state index in [1.165, 1.54) is 9.31 Å². The van der Waals surface area contributed by atoms with Crippen LogP contribution in [-0.2, 0) is 10.0 Å². The van der Waals surface area contributed by atoms with Crippen LogP contribution in [0.4, 0.5) is 0 Å². The molecule has 1 unspecified atom stereocenters. The summed E-state index contributed by atoms with van der Waals surface area (Å²) in [6, 6.07) is 16.4. The number of ether oxygens (including phenoxy) is 1. The summed E-state index contributed by atoms with van der Waals surface area (Å²) in [7, 11) is -3.55. The van der Waals surface area contributed by atoms with Crippen molar-refractivity contribution in [2.45, 2.75) is 18.9 Å². The largest absolute Gasteiger partial charge is 0.457 e. The third-order valence-corrected chi connectivity index (χ3v) is 7.05. The third-order valence-electron chi connectivity index (χ3n) is 5.58. The normalized spacial score (nSPS) is 19.3. The summed E-state index contributed by atoms with van der Waals surface area (Å²) in [4.78, 5) is 0. The molecule has 5 N–H and O–H groups in total. The molecule has 0 aliphatic carbocycles. The second kappa shape index (κ2) is 9.08. The number of nitrogens with two attached hydrogens (primary N) is 2. The van der Waals surface area contributed by atoms with Crippen LogP contribution in [0.1, 0.15) is 18.4 Å². The fourth-order valence-electron chi connectivity index (χ4n) is 3.94. The van der Waals surface area contributed by atoms with Crippen LogP contribution in [0.25, 0.3) is 0 Å². The Morgan fingerprint density at radius 3 is 2.42 bits per heavy atom. The minimum absolute atomic E-state index is 0.0164. The van der Waals surface area contributed by atoms with Crippen molar-refractivity contribution in [2.75, 3.05) is 13.1 Å². The highest BCUT2D eigenvalue weighted by Gasteiger charge is 2.38. The minimum atomic E-state index is -3.55. The van der Waals surface area contributed by atoms with Crippen molar-refractivity contribution in [1.82, 2.24) is 9.31 Å². The first-order valence-electron chi connectivity index (χ1n) is 10.5. The zero-order valence-electron chi connectivity index (χ0n) is 18.0. The maximum absolute atomic E-state index is 12.3. The van der Waals surface area contributed by atoms with E-state index in [-0.39, 0.29) is 24.2 Å². The van der Waals surface area contributed by atoms with E-state index in [2.05, 4.69) is 11.7 Å². The van der Waals surface area contributed by atoms with Crippen molar-refractivity contribution in [3.63, 3.8) is 0 Å². The molecular weight excluding hydrogens is 440 g/mol. The van der Waals surface area contributed by atoms with Gasteiger partial charge < -0.3 is 16.2 Å². The average molecular weight is 467 g/mol. The van der Waals surface area contributed by atoms with Crippen LogP contribution in [-0.4, -0.2) is 48.4 Å². The lowest BCUT2D eigenvalue weighted by atomic mass is 10.0. The summed E-state index contributed by atoms with van der Waals surface area (Å²) in [5, 5.41) is 15.8. The van der Waals surface area contributed by atoms with Crippen LogP contribution in [0.15, 0.2) is 83.1 Å². The van der Waals surface area contributed by atoms with Gasteiger partial charge in [-0.05, 0) is 49.2 Å². The van der Waals surface area contributed by atoms with Gasteiger partial charge in [-0.2, -0.15) is 9.41 Å². The van der Waals surface area contributed by atoms with E-state index in [0.717, 1.165) is 16.7 Å². The summed E-state index contributed by atoms with van der Waals surface area (Å²) in [6.07, 6.45) is 1.33. The van der Waals surface area contributed by atoms with Gasteiger partial charge in [0.05, 0.1) is 11.6 Å². The second-order valence-corrected chi connectivity index (χ2v) is 9.66. The molecule has 0 radical (unpaired) electrons. The first-order chi connectivity index (χ1) is 15.8. The Labute approximate surface area is 193 Å². The second-order valence-electron chi connectivity index (χ2n) is 7.78. The van der Waals surface area contributed by atoms with E-state index in [1.807, 2.05) is 42.5 Å². The monoisotopic (exact) mass is 466 g/mol. The fourth-order valence-corrected chi connectivity index (χ4v) is 4.91.